The second-order valence-electron chi connectivity index (χ2n) is 5.83. The minimum atomic E-state index is -0.396. The van der Waals surface area contributed by atoms with Crippen molar-refractivity contribution in [3.05, 3.63) is 8.92 Å². The van der Waals surface area contributed by atoms with E-state index in [1.54, 1.807) is 4.90 Å². The van der Waals surface area contributed by atoms with Crippen LogP contribution in [0.25, 0.3) is 0 Å². The fraction of sp³-hybridized carbons (Fsp3) is 0.667. The van der Waals surface area contributed by atoms with Crippen molar-refractivity contribution in [2.24, 2.45) is 5.92 Å². The molecule has 2 amide bonds. The van der Waals surface area contributed by atoms with Gasteiger partial charge in [-0.3, -0.25) is 9.59 Å². The molecule has 0 unspecified atom stereocenters. The van der Waals surface area contributed by atoms with Gasteiger partial charge in [0, 0.05) is 18.6 Å². The van der Waals surface area contributed by atoms with Crippen LogP contribution in [0.4, 0.5) is 0 Å². The number of nitrogens with zero attached hydrogens (tertiary/aromatic N) is 4. The molecule has 4 aliphatic rings. The van der Waals surface area contributed by atoms with E-state index in [1.807, 2.05) is 4.90 Å². The molecule has 106 valence electrons. The molecular weight excluding hydrogens is 344 g/mol. The van der Waals surface area contributed by atoms with Gasteiger partial charge in [-0.05, 0) is 41.1 Å². The number of hydrogen-bond donors (Lipinski definition) is 0. The van der Waals surface area contributed by atoms with Gasteiger partial charge in [-0.2, -0.15) is 0 Å². The first kappa shape index (κ1) is 12.7. The smallest absolute Gasteiger partial charge is 0.312 e. The maximum atomic E-state index is 12.3. The molecule has 6 nitrogen and oxygen atoms in total. The zero-order valence-electron chi connectivity index (χ0n) is 10.7. The van der Waals surface area contributed by atoms with Crippen LogP contribution in [0.5, 0.6) is 0 Å². The van der Waals surface area contributed by atoms with E-state index in [1.165, 1.54) is 11.3 Å². The SMILES string of the molecule is O=C1C(=O)N(C23CC(C2)C3)CCN1Cc1nnc(Br)s1. The highest BCUT2D eigenvalue weighted by atomic mass is 79.9. The summed E-state index contributed by atoms with van der Waals surface area (Å²) in [5.41, 5.74) is 0.0370. The summed E-state index contributed by atoms with van der Waals surface area (Å²) in [4.78, 5) is 27.9. The maximum Gasteiger partial charge on any atom is 0.312 e. The number of piperazine rings is 1. The summed E-state index contributed by atoms with van der Waals surface area (Å²) < 4.78 is 0.693. The fourth-order valence-electron chi connectivity index (χ4n) is 3.50. The van der Waals surface area contributed by atoms with E-state index in [-0.39, 0.29) is 11.4 Å². The molecule has 0 N–H and O–H groups in total. The molecule has 3 saturated carbocycles. The summed E-state index contributed by atoms with van der Waals surface area (Å²) >= 11 is 4.64. The Morgan fingerprint density at radius 3 is 2.50 bits per heavy atom. The van der Waals surface area contributed by atoms with E-state index in [0.29, 0.717) is 23.6 Å². The third-order valence-corrected chi connectivity index (χ3v) is 6.00. The first-order valence-electron chi connectivity index (χ1n) is 6.66. The molecule has 0 radical (unpaired) electrons. The van der Waals surface area contributed by atoms with Crippen LogP contribution in [0.1, 0.15) is 24.3 Å². The molecule has 5 rings (SSSR count). The molecule has 1 aromatic heterocycles. The molecule has 8 heteroatoms. The quantitative estimate of drug-likeness (QED) is 0.758. The highest BCUT2D eigenvalue weighted by Gasteiger charge is 2.62. The number of carbonyl (C=O) groups excluding carboxylic acids is 2. The van der Waals surface area contributed by atoms with Gasteiger partial charge in [0.05, 0.1) is 6.54 Å². The van der Waals surface area contributed by atoms with E-state index >= 15 is 0 Å². The van der Waals surface area contributed by atoms with Crippen molar-refractivity contribution in [1.29, 1.82) is 0 Å². The molecule has 2 bridgehead atoms. The predicted octanol–water partition coefficient (Wildman–Crippen LogP) is 1.02. The Labute approximate surface area is 128 Å². The van der Waals surface area contributed by atoms with Gasteiger partial charge in [-0.1, -0.05) is 11.3 Å². The van der Waals surface area contributed by atoms with Crippen LogP contribution in [-0.4, -0.2) is 50.4 Å². The minimum Gasteiger partial charge on any atom is -0.327 e. The van der Waals surface area contributed by atoms with Crippen LogP contribution in [0.2, 0.25) is 0 Å². The van der Waals surface area contributed by atoms with Crippen molar-refractivity contribution in [1.82, 2.24) is 20.0 Å². The summed E-state index contributed by atoms with van der Waals surface area (Å²) in [6, 6.07) is 0. The first-order valence-corrected chi connectivity index (χ1v) is 8.27. The zero-order valence-corrected chi connectivity index (χ0v) is 13.1. The predicted molar refractivity (Wildman–Crippen MR) is 74.8 cm³/mol. The number of aromatic nitrogens is 2. The van der Waals surface area contributed by atoms with E-state index in [4.69, 9.17) is 0 Å². The van der Waals surface area contributed by atoms with Gasteiger partial charge in [0.2, 0.25) is 0 Å². The number of amides is 2. The summed E-state index contributed by atoms with van der Waals surface area (Å²) in [5, 5.41) is 8.58. The van der Waals surface area contributed by atoms with Gasteiger partial charge in [-0.15, -0.1) is 10.2 Å². The highest BCUT2D eigenvalue weighted by Crippen LogP contribution is 2.60. The molecule has 20 heavy (non-hydrogen) atoms. The highest BCUT2D eigenvalue weighted by molar-refractivity contribution is 9.11. The average Bonchev–Trinajstić information content (AvgIpc) is 2.70. The van der Waals surface area contributed by atoms with Gasteiger partial charge in [0.15, 0.2) is 3.92 Å². The summed E-state index contributed by atoms with van der Waals surface area (Å²) in [6.45, 7) is 1.61. The molecular formula is C12H13BrN4O2S. The van der Waals surface area contributed by atoms with Crippen molar-refractivity contribution in [3.63, 3.8) is 0 Å². The fourth-order valence-corrected chi connectivity index (χ4v) is 4.72. The van der Waals surface area contributed by atoms with E-state index < -0.39 is 5.91 Å². The number of halogens is 1. The zero-order chi connectivity index (χ0) is 13.9. The lowest BCUT2D eigenvalue weighted by molar-refractivity contribution is -0.186. The van der Waals surface area contributed by atoms with E-state index in [2.05, 4.69) is 26.1 Å². The molecule has 4 fully saturated rings. The van der Waals surface area contributed by atoms with Crippen LogP contribution < -0.4 is 0 Å². The minimum absolute atomic E-state index is 0.0370. The van der Waals surface area contributed by atoms with Gasteiger partial charge in [0.25, 0.3) is 0 Å². The summed E-state index contributed by atoms with van der Waals surface area (Å²) in [7, 11) is 0. The second kappa shape index (κ2) is 4.24. The van der Waals surface area contributed by atoms with Crippen LogP contribution in [0.15, 0.2) is 3.92 Å². The monoisotopic (exact) mass is 356 g/mol. The third-order valence-electron chi connectivity index (χ3n) is 4.66. The lowest BCUT2D eigenvalue weighted by Gasteiger charge is -2.66. The van der Waals surface area contributed by atoms with Crippen LogP contribution in [-0.2, 0) is 16.1 Å². The van der Waals surface area contributed by atoms with Crippen molar-refractivity contribution in [2.75, 3.05) is 13.1 Å². The Balaban J connectivity index is 1.46. The Hall–Kier alpha value is -1.02. The Bertz CT molecular complexity index is 587. The summed E-state index contributed by atoms with van der Waals surface area (Å²) in [5.74, 6) is 0.0694. The first-order chi connectivity index (χ1) is 9.57. The van der Waals surface area contributed by atoms with Crippen molar-refractivity contribution < 1.29 is 9.59 Å². The topological polar surface area (TPSA) is 66.4 Å². The van der Waals surface area contributed by atoms with E-state index in [0.717, 1.165) is 30.2 Å². The molecule has 1 saturated heterocycles. The number of rotatable bonds is 3. The lowest BCUT2D eigenvalue weighted by Crippen LogP contribution is -2.73. The second-order valence-corrected chi connectivity index (χ2v) is 8.17. The van der Waals surface area contributed by atoms with Crippen molar-refractivity contribution in [3.8, 4) is 0 Å². The molecule has 0 spiro atoms. The lowest BCUT2D eigenvalue weighted by atomic mass is 9.49. The molecule has 3 aliphatic carbocycles. The van der Waals surface area contributed by atoms with Gasteiger partial charge in [0.1, 0.15) is 5.01 Å². The normalized spacial score (nSPS) is 32.1. The molecule has 1 aromatic rings. The van der Waals surface area contributed by atoms with E-state index in [9.17, 15) is 9.59 Å². The average molecular weight is 357 g/mol. The van der Waals surface area contributed by atoms with Gasteiger partial charge in [-0.25, -0.2) is 0 Å². The molecule has 2 heterocycles. The van der Waals surface area contributed by atoms with Crippen molar-refractivity contribution >= 4 is 39.1 Å². The standard InChI is InChI=1S/C12H13BrN4O2S/c13-11-15-14-8(20-11)6-16-1-2-17(10(19)9(16)18)12-3-7(4-12)5-12/h7H,1-6H2. The Morgan fingerprint density at radius 1 is 1.20 bits per heavy atom. The molecule has 1 aliphatic heterocycles. The van der Waals surface area contributed by atoms with Crippen LogP contribution in [0, 0.1) is 5.92 Å². The number of carbonyl (C=O) groups is 2. The molecule has 0 aromatic carbocycles. The van der Waals surface area contributed by atoms with Crippen LogP contribution in [0.3, 0.4) is 0 Å². The maximum absolute atomic E-state index is 12.3. The van der Waals surface area contributed by atoms with Crippen LogP contribution >= 0.6 is 27.3 Å². The molecule has 0 atom stereocenters. The van der Waals surface area contributed by atoms with Gasteiger partial charge >= 0.3 is 11.8 Å². The Kier molecular flexibility index (Phi) is 2.69. The largest absolute Gasteiger partial charge is 0.327 e. The van der Waals surface area contributed by atoms with Crippen molar-refractivity contribution in [2.45, 2.75) is 31.3 Å². The Morgan fingerprint density at radius 2 is 1.95 bits per heavy atom. The summed E-state index contributed by atoms with van der Waals surface area (Å²) in [6.07, 6.45) is 3.28. The van der Waals surface area contributed by atoms with Gasteiger partial charge < -0.3 is 9.80 Å². The number of hydrogen-bond acceptors (Lipinski definition) is 5. The third kappa shape index (κ3) is 1.74.